The maximum absolute atomic E-state index is 5.59. The van der Waals surface area contributed by atoms with Crippen LogP contribution in [0, 0.1) is 0 Å². The molecule has 17 heavy (non-hydrogen) atoms. The number of hydrogen-bond donors (Lipinski definition) is 1. The molecule has 0 amide bonds. The van der Waals surface area contributed by atoms with Gasteiger partial charge in [0.2, 0.25) is 0 Å². The fourth-order valence-electron chi connectivity index (χ4n) is 2.01. The molecule has 1 atom stereocenters. The fourth-order valence-corrected chi connectivity index (χ4v) is 2.01. The number of oxazole rings is 1. The molecule has 92 valence electrons. The molecule has 1 N–H and O–H groups in total. The molecule has 0 aliphatic rings. The number of nitrogens with zero attached hydrogens (tertiary/aromatic N) is 1. The molecule has 0 aliphatic heterocycles. The number of fused-ring (bicyclic) bond motifs is 1. The summed E-state index contributed by atoms with van der Waals surface area (Å²) in [6.45, 7) is 6.45. The van der Waals surface area contributed by atoms with Crippen LogP contribution < -0.4 is 5.32 Å². The van der Waals surface area contributed by atoms with Crippen molar-refractivity contribution >= 4 is 16.8 Å². The van der Waals surface area contributed by atoms with Crippen LogP contribution in [0.2, 0.25) is 0 Å². The molecule has 0 fully saturated rings. The third-order valence-corrected chi connectivity index (χ3v) is 2.87. The Kier molecular flexibility index (Phi) is 3.67. The molecule has 1 unspecified atom stereocenters. The summed E-state index contributed by atoms with van der Waals surface area (Å²) in [6.07, 6.45) is 3.21. The van der Waals surface area contributed by atoms with Gasteiger partial charge < -0.3 is 9.73 Å². The summed E-state index contributed by atoms with van der Waals surface area (Å²) in [5, 5.41) is 3.48. The van der Waals surface area contributed by atoms with E-state index < -0.39 is 0 Å². The van der Waals surface area contributed by atoms with Crippen molar-refractivity contribution in [1.82, 2.24) is 4.98 Å². The number of benzene rings is 1. The molecule has 2 aromatic rings. The summed E-state index contributed by atoms with van der Waals surface area (Å²) >= 11 is 0. The lowest BCUT2D eigenvalue weighted by Crippen LogP contribution is -2.14. The van der Waals surface area contributed by atoms with Crippen molar-refractivity contribution in [2.75, 3.05) is 5.32 Å². The van der Waals surface area contributed by atoms with Crippen molar-refractivity contribution in [3.8, 4) is 0 Å². The van der Waals surface area contributed by atoms with E-state index in [-0.39, 0.29) is 0 Å². The van der Waals surface area contributed by atoms with Crippen LogP contribution in [0.15, 0.2) is 22.6 Å². The largest absolute Gasteiger partial charge is 0.441 e. The second-order valence-corrected chi connectivity index (χ2v) is 4.48. The lowest BCUT2D eigenvalue weighted by Gasteiger charge is -2.13. The van der Waals surface area contributed by atoms with Gasteiger partial charge in [-0.05, 0) is 31.5 Å². The van der Waals surface area contributed by atoms with Gasteiger partial charge in [0.05, 0.1) is 0 Å². The van der Waals surface area contributed by atoms with Crippen LogP contribution in [0.25, 0.3) is 11.1 Å². The van der Waals surface area contributed by atoms with Crippen molar-refractivity contribution < 1.29 is 4.42 Å². The molecule has 0 saturated carbocycles. The summed E-state index contributed by atoms with van der Waals surface area (Å²) in [4.78, 5) is 4.44. The Morgan fingerprint density at radius 3 is 2.88 bits per heavy atom. The van der Waals surface area contributed by atoms with Crippen LogP contribution in [-0.4, -0.2) is 11.0 Å². The number of anilines is 1. The second kappa shape index (κ2) is 5.21. The Bertz CT molecular complexity index is 490. The molecule has 0 radical (unpaired) electrons. The minimum atomic E-state index is 0.495. The molecule has 1 heterocycles. The van der Waals surface area contributed by atoms with Gasteiger partial charge in [-0.3, -0.25) is 0 Å². The molecule has 1 aromatic carbocycles. The molecule has 3 heteroatoms. The van der Waals surface area contributed by atoms with Crippen LogP contribution in [0.1, 0.15) is 39.5 Å². The molecule has 1 aromatic heterocycles. The minimum absolute atomic E-state index is 0.495. The first kappa shape index (κ1) is 12.0. The summed E-state index contributed by atoms with van der Waals surface area (Å²) in [7, 11) is 0. The van der Waals surface area contributed by atoms with E-state index in [4.69, 9.17) is 4.42 Å². The zero-order valence-electron chi connectivity index (χ0n) is 10.8. The number of hydrogen-bond acceptors (Lipinski definition) is 3. The van der Waals surface area contributed by atoms with E-state index in [1.807, 2.05) is 13.0 Å². The smallest absolute Gasteiger partial charge is 0.195 e. The van der Waals surface area contributed by atoms with Crippen molar-refractivity contribution in [1.29, 1.82) is 0 Å². The summed E-state index contributed by atoms with van der Waals surface area (Å²) < 4.78 is 5.59. The molecular weight excluding hydrogens is 212 g/mol. The van der Waals surface area contributed by atoms with Crippen molar-refractivity contribution in [3.05, 3.63) is 24.1 Å². The molecule has 3 nitrogen and oxygen atoms in total. The van der Waals surface area contributed by atoms with E-state index in [0.29, 0.717) is 6.04 Å². The molecule has 0 aliphatic carbocycles. The molecule has 0 spiro atoms. The maximum atomic E-state index is 5.59. The van der Waals surface area contributed by atoms with E-state index in [1.54, 1.807) is 0 Å². The number of aromatic nitrogens is 1. The average molecular weight is 232 g/mol. The van der Waals surface area contributed by atoms with Crippen molar-refractivity contribution in [3.63, 3.8) is 0 Å². The normalized spacial score (nSPS) is 12.9. The lowest BCUT2D eigenvalue weighted by atomic mass is 10.2. The maximum Gasteiger partial charge on any atom is 0.195 e. The van der Waals surface area contributed by atoms with Crippen LogP contribution in [0.3, 0.4) is 0 Å². The van der Waals surface area contributed by atoms with Crippen molar-refractivity contribution in [2.45, 2.75) is 46.1 Å². The van der Waals surface area contributed by atoms with Crippen LogP contribution in [-0.2, 0) is 6.42 Å². The first-order valence-electron chi connectivity index (χ1n) is 6.39. The van der Waals surface area contributed by atoms with Gasteiger partial charge in [-0.15, -0.1) is 0 Å². The monoisotopic (exact) mass is 232 g/mol. The first-order valence-corrected chi connectivity index (χ1v) is 6.39. The predicted octanol–water partition coefficient (Wildman–Crippen LogP) is 3.99. The molecule has 2 rings (SSSR count). The van der Waals surface area contributed by atoms with Gasteiger partial charge in [0, 0.05) is 18.2 Å². The number of aryl methyl sites for hydroxylation is 1. The first-order chi connectivity index (χ1) is 8.22. The molecule has 0 saturated heterocycles. The fraction of sp³-hybridized carbons (Fsp3) is 0.500. The zero-order chi connectivity index (χ0) is 12.3. The van der Waals surface area contributed by atoms with Gasteiger partial charge in [0.15, 0.2) is 11.5 Å². The predicted molar refractivity (Wildman–Crippen MR) is 71.4 cm³/mol. The lowest BCUT2D eigenvalue weighted by molar-refractivity contribution is 0.538. The Labute approximate surface area is 102 Å². The highest BCUT2D eigenvalue weighted by Gasteiger charge is 2.06. The molecule has 0 bridgehead atoms. The Balaban J connectivity index is 2.19. The highest BCUT2D eigenvalue weighted by atomic mass is 16.3. The zero-order valence-corrected chi connectivity index (χ0v) is 10.8. The van der Waals surface area contributed by atoms with Gasteiger partial charge in [0.25, 0.3) is 0 Å². The summed E-state index contributed by atoms with van der Waals surface area (Å²) in [5.74, 6) is 0.804. The third-order valence-electron chi connectivity index (χ3n) is 2.87. The Morgan fingerprint density at radius 2 is 2.18 bits per heavy atom. The van der Waals surface area contributed by atoms with E-state index >= 15 is 0 Å². The van der Waals surface area contributed by atoms with E-state index in [0.717, 1.165) is 29.1 Å². The summed E-state index contributed by atoms with van der Waals surface area (Å²) in [6, 6.07) is 6.60. The quantitative estimate of drug-likeness (QED) is 0.847. The van der Waals surface area contributed by atoms with Gasteiger partial charge >= 0.3 is 0 Å². The molecular formula is C14H20N2O. The Hall–Kier alpha value is -1.51. The highest BCUT2D eigenvalue weighted by Crippen LogP contribution is 2.21. The highest BCUT2D eigenvalue weighted by molar-refractivity contribution is 5.77. The van der Waals surface area contributed by atoms with Crippen LogP contribution >= 0.6 is 0 Å². The van der Waals surface area contributed by atoms with E-state index in [1.165, 1.54) is 12.8 Å². The van der Waals surface area contributed by atoms with Crippen LogP contribution in [0.4, 0.5) is 5.69 Å². The Morgan fingerprint density at radius 1 is 1.35 bits per heavy atom. The van der Waals surface area contributed by atoms with Gasteiger partial charge in [-0.25, -0.2) is 4.98 Å². The average Bonchev–Trinajstić information content (AvgIpc) is 2.71. The van der Waals surface area contributed by atoms with E-state index in [2.05, 4.69) is 36.3 Å². The van der Waals surface area contributed by atoms with Gasteiger partial charge in [0.1, 0.15) is 5.52 Å². The number of nitrogens with one attached hydrogen (secondary N) is 1. The minimum Gasteiger partial charge on any atom is -0.441 e. The van der Waals surface area contributed by atoms with Gasteiger partial charge in [-0.2, -0.15) is 0 Å². The van der Waals surface area contributed by atoms with Gasteiger partial charge in [-0.1, -0.05) is 20.3 Å². The number of rotatable bonds is 5. The third kappa shape index (κ3) is 2.78. The van der Waals surface area contributed by atoms with E-state index in [9.17, 15) is 0 Å². The topological polar surface area (TPSA) is 38.1 Å². The van der Waals surface area contributed by atoms with Crippen molar-refractivity contribution in [2.24, 2.45) is 0 Å². The standard InChI is InChI=1S/C14H20N2O/c1-4-6-10(3)15-11-7-8-13-12(9-11)16-14(5-2)17-13/h7-10,15H,4-6H2,1-3H3. The SMILES string of the molecule is CCCC(C)Nc1ccc2oc(CC)nc2c1. The summed E-state index contributed by atoms with van der Waals surface area (Å²) in [5.41, 5.74) is 2.93. The second-order valence-electron chi connectivity index (χ2n) is 4.48. The van der Waals surface area contributed by atoms with Crippen LogP contribution in [0.5, 0.6) is 0 Å².